The first-order valence-electron chi connectivity index (χ1n) is 7.72. The van der Waals surface area contributed by atoms with Crippen molar-refractivity contribution in [3.05, 3.63) is 16.8 Å². The predicted octanol–water partition coefficient (Wildman–Crippen LogP) is 3.16. The summed E-state index contributed by atoms with van der Waals surface area (Å²) in [5.41, 5.74) is 1.35. The van der Waals surface area contributed by atoms with Crippen LogP contribution in [0.15, 0.2) is 5.38 Å². The van der Waals surface area contributed by atoms with Gasteiger partial charge in [0.1, 0.15) is 16.5 Å². The van der Waals surface area contributed by atoms with Crippen molar-refractivity contribution >= 4 is 27.4 Å². The Kier molecular flexibility index (Phi) is 4.13. The fourth-order valence-corrected chi connectivity index (χ4v) is 4.04. The lowest BCUT2D eigenvalue weighted by Gasteiger charge is -2.31. The molecule has 3 rings (SSSR count). The molecule has 1 aliphatic heterocycles. The number of aliphatic hydroxyl groups excluding tert-OH is 1. The van der Waals surface area contributed by atoms with Gasteiger partial charge in [0.05, 0.1) is 11.5 Å². The van der Waals surface area contributed by atoms with Crippen molar-refractivity contribution in [1.82, 2.24) is 9.97 Å². The summed E-state index contributed by atoms with van der Waals surface area (Å²) in [5, 5.41) is 13.4. The smallest absolute Gasteiger partial charge is 0.141 e. The van der Waals surface area contributed by atoms with E-state index in [-0.39, 0.29) is 6.10 Å². The van der Waals surface area contributed by atoms with Gasteiger partial charge in [0.2, 0.25) is 0 Å². The predicted molar refractivity (Wildman–Crippen MR) is 88.1 cm³/mol. The number of aliphatic hydroxyl groups is 1. The highest BCUT2D eigenvalue weighted by atomic mass is 32.1. The number of fused-ring (bicyclic) bond motifs is 1. The van der Waals surface area contributed by atoms with E-state index in [4.69, 9.17) is 4.98 Å². The van der Waals surface area contributed by atoms with E-state index >= 15 is 0 Å². The molecule has 1 aliphatic rings. The molecule has 2 aromatic rings. The average molecular weight is 305 g/mol. The summed E-state index contributed by atoms with van der Waals surface area (Å²) >= 11 is 1.71. The van der Waals surface area contributed by atoms with Gasteiger partial charge in [-0.3, -0.25) is 0 Å². The molecule has 3 heterocycles. The molecule has 5 heteroatoms. The number of β-amino-alcohol motifs (C(OH)–C–C–N with tert-alkyl or cyclic N) is 1. The molecule has 114 valence electrons. The third kappa shape index (κ3) is 3.04. The van der Waals surface area contributed by atoms with Crippen LogP contribution < -0.4 is 4.90 Å². The Hall–Kier alpha value is -1.20. The first kappa shape index (κ1) is 14.7. The Labute approximate surface area is 129 Å². The highest BCUT2D eigenvalue weighted by molar-refractivity contribution is 7.17. The summed E-state index contributed by atoms with van der Waals surface area (Å²) < 4.78 is 0. The van der Waals surface area contributed by atoms with E-state index in [0.717, 1.165) is 42.3 Å². The lowest BCUT2D eigenvalue weighted by Crippen LogP contribution is -2.39. The van der Waals surface area contributed by atoms with Crippen LogP contribution in [0.2, 0.25) is 0 Å². The summed E-state index contributed by atoms with van der Waals surface area (Å²) in [6.45, 7) is 8.08. The van der Waals surface area contributed by atoms with Gasteiger partial charge in [0, 0.05) is 13.1 Å². The first-order valence-corrected chi connectivity index (χ1v) is 8.60. The van der Waals surface area contributed by atoms with Crippen LogP contribution in [0, 0.1) is 12.8 Å². The molecule has 1 N–H and O–H groups in total. The number of thiophene rings is 1. The van der Waals surface area contributed by atoms with Crippen LogP contribution >= 0.6 is 11.3 Å². The van der Waals surface area contributed by atoms with E-state index in [9.17, 15) is 5.11 Å². The monoisotopic (exact) mass is 305 g/mol. The van der Waals surface area contributed by atoms with Gasteiger partial charge >= 0.3 is 0 Å². The quantitative estimate of drug-likeness (QED) is 0.946. The van der Waals surface area contributed by atoms with Crippen LogP contribution in [0.3, 0.4) is 0 Å². The van der Waals surface area contributed by atoms with Crippen molar-refractivity contribution in [1.29, 1.82) is 0 Å². The maximum absolute atomic E-state index is 9.97. The van der Waals surface area contributed by atoms with Crippen LogP contribution in [0.1, 0.15) is 38.1 Å². The Bertz CT molecular complexity index is 638. The number of aromatic nitrogens is 2. The fourth-order valence-electron chi connectivity index (χ4n) is 3.05. The van der Waals surface area contributed by atoms with E-state index in [1.165, 1.54) is 10.9 Å². The van der Waals surface area contributed by atoms with Gasteiger partial charge in [-0.15, -0.1) is 11.3 Å². The van der Waals surface area contributed by atoms with E-state index < -0.39 is 0 Å². The largest absolute Gasteiger partial charge is 0.391 e. The molecule has 0 radical (unpaired) electrons. The van der Waals surface area contributed by atoms with E-state index in [1.807, 2.05) is 6.92 Å². The molecule has 1 saturated heterocycles. The number of anilines is 1. The minimum atomic E-state index is -0.240. The summed E-state index contributed by atoms with van der Waals surface area (Å²) in [7, 11) is 0. The molecule has 1 unspecified atom stereocenters. The number of piperidine rings is 1. The second kappa shape index (κ2) is 5.89. The van der Waals surface area contributed by atoms with E-state index in [2.05, 4.69) is 29.1 Å². The molecule has 0 spiro atoms. The summed E-state index contributed by atoms with van der Waals surface area (Å²) in [6.07, 6.45) is 2.73. The highest BCUT2D eigenvalue weighted by Crippen LogP contribution is 2.34. The zero-order valence-electron chi connectivity index (χ0n) is 13.0. The first-order chi connectivity index (χ1) is 10.0. The van der Waals surface area contributed by atoms with Crippen molar-refractivity contribution in [2.75, 3.05) is 18.0 Å². The average Bonchev–Trinajstić information content (AvgIpc) is 2.80. The van der Waals surface area contributed by atoms with Gasteiger partial charge in [-0.05, 0) is 43.0 Å². The number of hydrogen-bond donors (Lipinski definition) is 1. The van der Waals surface area contributed by atoms with Gasteiger partial charge < -0.3 is 10.0 Å². The zero-order chi connectivity index (χ0) is 15.0. The van der Waals surface area contributed by atoms with E-state index in [1.54, 1.807) is 11.3 Å². The lowest BCUT2D eigenvalue weighted by molar-refractivity contribution is 0.154. The standard InChI is InChI=1S/C16H23N3OS/c1-10(2)7-12-9-21-16-14(12)15(17-11(3)18-16)19-6-4-5-13(20)8-19/h9-10,13,20H,4-8H2,1-3H3. The highest BCUT2D eigenvalue weighted by Gasteiger charge is 2.23. The van der Waals surface area contributed by atoms with Gasteiger partial charge in [-0.25, -0.2) is 9.97 Å². The Morgan fingerprint density at radius 3 is 2.95 bits per heavy atom. The van der Waals surface area contributed by atoms with Crippen molar-refractivity contribution in [2.45, 2.75) is 46.1 Å². The molecular formula is C16H23N3OS. The molecular weight excluding hydrogens is 282 g/mol. The number of rotatable bonds is 3. The maximum Gasteiger partial charge on any atom is 0.141 e. The van der Waals surface area contributed by atoms with Crippen molar-refractivity contribution in [3.63, 3.8) is 0 Å². The summed E-state index contributed by atoms with van der Waals surface area (Å²) in [4.78, 5) is 12.6. The van der Waals surface area contributed by atoms with Crippen LogP contribution in [0.4, 0.5) is 5.82 Å². The second-order valence-electron chi connectivity index (χ2n) is 6.38. The van der Waals surface area contributed by atoms with Gasteiger partial charge in [0.25, 0.3) is 0 Å². The van der Waals surface area contributed by atoms with Gasteiger partial charge in [-0.1, -0.05) is 13.8 Å². The molecule has 0 amide bonds. The number of hydrogen-bond acceptors (Lipinski definition) is 5. The molecule has 4 nitrogen and oxygen atoms in total. The van der Waals surface area contributed by atoms with Crippen LogP contribution in [-0.4, -0.2) is 34.3 Å². The molecule has 0 aliphatic carbocycles. The second-order valence-corrected chi connectivity index (χ2v) is 7.23. The van der Waals surface area contributed by atoms with Crippen molar-refractivity contribution < 1.29 is 5.11 Å². The SMILES string of the molecule is Cc1nc(N2CCCC(O)C2)c2c(CC(C)C)csc2n1. The third-order valence-electron chi connectivity index (χ3n) is 3.93. The molecule has 0 bridgehead atoms. The van der Waals surface area contributed by atoms with Crippen molar-refractivity contribution in [3.8, 4) is 0 Å². The van der Waals surface area contributed by atoms with Crippen LogP contribution in [0.5, 0.6) is 0 Å². The van der Waals surface area contributed by atoms with Crippen molar-refractivity contribution in [2.24, 2.45) is 5.92 Å². The minimum absolute atomic E-state index is 0.240. The molecule has 21 heavy (non-hydrogen) atoms. The molecule has 1 atom stereocenters. The van der Waals surface area contributed by atoms with Gasteiger partial charge in [0.15, 0.2) is 0 Å². The Morgan fingerprint density at radius 1 is 1.43 bits per heavy atom. The number of aryl methyl sites for hydroxylation is 1. The van der Waals surface area contributed by atoms with Crippen LogP contribution in [0.25, 0.3) is 10.2 Å². The fraction of sp³-hybridized carbons (Fsp3) is 0.625. The molecule has 0 aromatic carbocycles. The minimum Gasteiger partial charge on any atom is -0.391 e. The Morgan fingerprint density at radius 2 is 2.24 bits per heavy atom. The molecule has 2 aromatic heterocycles. The molecule has 1 fully saturated rings. The Balaban J connectivity index is 2.08. The molecule has 0 saturated carbocycles. The number of nitrogens with zero attached hydrogens (tertiary/aromatic N) is 3. The summed E-state index contributed by atoms with van der Waals surface area (Å²) in [6, 6.07) is 0. The van der Waals surface area contributed by atoms with E-state index in [0.29, 0.717) is 12.5 Å². The normalized spacial score (nSPS) is 19.7. The van der Waals surface area contributed by atoms with Crippen LogP contribution in [-0.2, 0) is 6.42 Å². The zero-order valence-corrected chi connectivity index (χ0v) is 13.8. The maximum atomic E-state index is 9.97. The summed E-state index contributed by atoms with van der Waals surface area (Å²) in [5.74, 6) is 2.45. The lowest BCUT2D eigenvalue weighted by atomic mass is 10.0. The van der Waals surface area contributed by atoms with Gasteiger partial charge in [-0.2, -0.15) is 0 Å². The third-order valence-corrected chi connectivity index (χ3v) is 4.85. The topological polar surface area (TPSA) is 49.2 Å².